The van der Waals surface area contributed by atoms with Crippen molar-refractivity contribution in [3.63, 3.8) is 0 Å². The Hall–Kier alpha value is -3.40. The lowest BCUT2D eigenvalue weighted by molar-refractivity contribution is 0.0966. The van der Waals surface area contributed by atoms with Gasteiger partial charge in [-0.2, -0.15) is 0 Å². The molecule has 1 aliphatic rings. The Morgan fingerprint density at radius 3 is 2.63 bits per heavy atom. The van der Waals surface area contributed by atoms with Gasteiger partial charge in [-0.3, -0.25) is 9.59 Å². The third kappa shape index (κ3) is 3.22. The van der Waals surface area contributed by atoms with E-state index in [-0.39, 0.29) is 11.8 Å². The first-order chi connectivity index (χ1) is 13.2. The molecule has 134 valence electrons. The largest absolute Gasteiger partial charge is 0.348 e. The van der Waals surface area contributed by atoms with E-state index < -0.39 is 0 Å². The number of carbonyl (C=O) groups is 2. The van der Waals surface area contributed by atoms with Crippen molar-refractivity contribution >= 4 is 17.5 Å². The Balaban J connectivity index is 1.74. The zero-order valence-corrected chi connectivity index (χ0v) is 15.1. The monoisotopic (exact) mass is 356 g/mol. The molecule has 0 radical (unpaired) electrons. The predicted octanol–water partition coefficient (Wildman–Crippen LogP) is 4.41. The van der Waals surface area contributed by atoms with Crippen LogP contribution in [0.25, 0.3) is 11.1 Å². The van der Waals surface area contributed by atoms with E-state index in [1.54, 1.807) is 12.1 Å². The van der Waals surface area contributed by atoms with Gasteiger partial charge in [-0.1, -0.05) is 55.5 Å². The van der Waals surface area contributed by atoms with Crippen LogP contribution in [0.2, 0.25) is 0 Å². The molecule has 3 aromatic rings. The van der Waals surface area contributed by atoms with Crippen molar-refractivity contribution in [2.45, 2.75) is 19.9 Å². The van der Waals surface area contributed by atoms with Crippen LogP contribution in [0, 0.1) is 0 Å². The fraction of sp³-hybridized carbons (Fsp3) is 0.130. The summed E-state index contributed by atoms with van der Waals surface area (Å²) in [5, 5.41) is 5.78. The predicted molar refractivity (Wildman–Crippen MR) is 107 cm³/mol. The molecule has 2 N–H and O–H groups in total. The number of hydrogen-bond donors (Lipinski definition) is 2. The summed E-state index contributed by atoms with van der Waals surface area (Å²) < 4.78 is 0. The van der Waals surface area contributed by atoms with Crippen LogP contribution < -0.4 is 10.6 Å². The zero-order chi connectivity index (χ0) is 18.8. The summed E-state index contributed by atoms with van der Waals surface area (Å²) >= 11 is 0. The second kappa shape index (κ2) is 7.08. The lowest BCUT2D eigenvalue weighted by atomic mass is 9.94. The van der Waals surface area contributed by atoms with Gasteiger partial charge in [0.15, 0.2) is 0 Å². The summed E-state index contributed by atoms with van der Waals surface area (Å²) in [6.45, 7) is 2.59. The van der Waals surface area contributed by atoms with E-state index in [1.807, 2.05) is 36.4 Å². The van der Waals surface area contributed by atoms with Crippen molar-refractivity contribution in [3.05, 3.63) is 89.0 Å². The van der Waals surface area contributed by atoms with Gasteiger partial charge in [-0.25, -0.2) is 0 Å². The number of anilines is 1. The van der Waals surface area contributed by atoms with Gasteiger partial charge in [-0.15, -0.1) is 0 Å². The quantitative estimate of drug-likeness (QED) is 0.727. The molecule has 1 heterocycles. The SMILES string of the molecule is CCc1cccc(-c2ccc(NC(=O)c3ccccc3)c3c2CNC3=O)c1. The molecule has 4 heteroatoms. The highest BCUT2D eigenvalue weighted by atomic mass is 16.2. The Morgan fingerprint density at radius 2 is 1.85 bits per heavy atom. The molecule has 27 heavy (non-hydrogen) atoms. The van der Waals surface area contributed by atoms with Crippen LogP contribution in [0.15, 0.2) is 66.7 Å². The van der Waals surface area contributed by atoms with E-state index in [0.717, 1.165) is 23.1 Å². The molecule has 0 aliphatic carbocycles. The molecular formula is C23H20N2O2. The molecule has 0 atom stereocenters. The number of hydrogen-bond acceptors (Lipinski definition) is 2. The summed E-state index contributed by atoms with van der Waals surface area (Å²) in [6, 6.07) is 21.1. The van der Waals surface area contributed by atoms with Gasteiger partial charge in [0, 0.05) is 12.1 Å². The number of rotatable bonds is 4. The number of benzene rings is 3. The van der Waals surface area contributed by atoms with Crippen LogP contribution in [0.5, 0.6) is 0 Å². The molecular weight excluding hydrogens is 336 g/mol. The van der Waals surface area contributed by atoms with Crippen LogP contribution >= 0.6 is 0 Å². The first-order valence-corrected chi connectivity index (χ1v) is 9.07. The van der Waals surface area contributed by atoms with Gasteiger partial charge in [0.1, 0.15) is 0 Å². The average molecular weight is 356 g/mol. The average Bonchev–Trinajstić information content (AvgIpc) is 3.11. The maximum atomic E-state index is 12.5. The van der Waals surface area contributed by atoms with Crippen LogP contribution in [-0.2, 0) is 13.0 Å². The van der Waals surface area contributed by atoms with Gasteiger partial charge in [0.25, 0.3) is 11.8 Å². The maximum absolute atomic E-state index is 12.5. The molecule has 0 saturated heterocycles. The Kier molecular flexibility index (Phi) is 4.47. The highest BCUT2D eigenvalue weighted by molar-refractivity contribution is 6.11. The van der Waals surface area contributed by atoms with E-state index in [0.29, 0.717) is 23.4 Å². The van der Waals surface area contributed by atoms with Crippen molar-refractivity contribution in [2.75, 3.05) is 5.32 Å². The van der Waals surface area contributed by atoms with E-state index in [2.05, 4.69) is 35.8 Å². The molecule has 2 amide bonds. The van der Waals surface area contributed by atoms with Gasteiger partial charge >= 0.3 is 0 Å². The summed E-state index contributed by atoms with van der Waals surface area (Å²) in [6.07, 6.45) is 0.957. The van der Waals surface area contributed by atoms with Crippen molar-refractivity contribution < 1.29 is 9.59 Å². The summed E-state index contributed by atoms with van der Waals surface area (Å²) in [5.74, 6) is -0.375. The highest BCUT2D eigenvalue weighted by Crippen LogP contribution is 2.34. The Morgan fingerprint density at radius 1 is 1.04 bits per heavy atom. The lowest BCUT2D eigenvalue weighted by Crippen LogP contribution is -2.17. The zero-order valence-electron chi connectivity index (χ0n) is 15.1. The minimum Gasteiger partial charge on any atom is -0.348 e. The first kappa shape index (κ1) is 17.0. The van der Waals surface area contributed by atoms with Crippen LogP contribution in [-0.4, -0.2) is 11.8 Å². The summed E-state index contributed by atoms with van der Waals surface area (Å²) in [4.78, 5) is 25.0. The highest BCUT2D eigenvalue weighted by Gasteiger charge is 2.26. The van der Waals surface area contributed by atoms with E-state index in [1.165, 1.54) is 5.56 Å². The molecule has 1 aliphatic heterocycles. The summed E-state index contributed by atoms with van der Waals surface area (Å²) in [7, 11) is 0. The van der Waals surface area contributed by atoms with Crippen molar-refractivity contribution in [2.24, 2.45) is 0 Å². The van der Waals surface area contributed by atoms with Gasteiger partial charge < -0.3 is 10.6 Å². The van der Waals surface area contributed by atoms with Gasteiger partial charge in [0.05, 0.1) is 11.3 Å². The van der Waals surface area contributed by atoms with E-state index >= 15 is 0 Å². The topological polar surface area (TPSA) is 58.2 Å². The number of aryl methyl sites for hydroxylation is 1. The third-order valence-electron chi connectivity index (χ3n) is 4.90. The molecule has 4 nitrogen and oxygen atoms in total. The second-order valence-electron chi connectivity index (χ2n) is 6.57. The minimum absolute atomic E-state index is 0.151. The number of carbonyl (C=O) groups excluding carboxylic acids is 2. The van der Waals surface area contributed by atoms with Gasteiger partial charge in [0.2, 0.25) is 0 Å². The molecule has 0 unspecified atom stereocenters. The standard InChI is InChI=1S/C23H20N2O2/c1-2-15-7-6-10-17(13-15)18-11-12-20(21-19(18)14-24-23(21)27)25-22(26)16-8-4-3-5-9-16/h3-13H,2,14H2,1H3,(H,24,27)(H,25,26). The van der Waals surface area contributed by atoms with Crippen molar-refractivity contribution in [1.29, 1.82) is 0 Å². The second-order valence-corrected chi connectivity index (χ2v) is 6.57. The first-order valence-electron chi connectivity index (χ1n) is 9.07. The lowest BCUT2D eigenvalue weighted by Gasteiger charge is -2.13. The molecule has 3 aromatic carbocycles. The normalized spacial score (nSPS) is 12.4. The number of fused-ring (bicyclic) bond motifs is 1. The number of amides is 2. The van der Waals surface area contributed by atoms with E-state index in [4.69, 9.17) is 0 Å². The molecule has 0 saturated carbocycles. The van der Waals surface area contributed by atoms with E-state index in [9.17, 15) is 9.59 Å². The molecule has 0 fully saturated rings. The molecule has 0 bridgehead atoms. The van der Waals surface area contributed by atoms with Crippen LogP contribution in [0.4, 0.5) is 5.69 Å². The molecule has 0 spiro atoms. The third-order valence-corrected chi connectivity index (χ3v) is 4.90. The van der Waals surface area contributed by atoms with Gasteiger partial charge in [-0.05, 0) is 46.9 Å². The maximum Gasteiger partial charge on any atom is 0.255 e. The molecule has 0 aromatic heterocycles. The fourth-order valence-corrected chi connectivity index (χ4v) is 3.47. The van der Waals surface area contributed by atoms with Crippen molar-refractivity contribution in [3.8, 4) is 11.1 Å². The fourth-order valence-electron chi connectivity index (χ4n) is 3.47. The Bertz CT molecular complexity index is 1030. The number of nitrogens with one attached hydrogen (secondary N) is 2. The summed E-state index contributed by atoms with van der Waals surface area (Å²) in [5.41, 5.74) is 5.95. The molecule has 4 rings (SSSR count). The van der Waals surface area contributed by atoms with Crippen LogP contribution in [0.3, 0.4) is 0 Å². The minimum atomic E-state index is -0.224. The van der Waals surface area contributed by atoms with Crippen LogP contribution in [0.1, 0.15) is 38.8 Å². The van der Waals surface area contributed by atoms with Crippen molar-refractivity contribution in [1.82, 2.24) is 5.32 Å². The Labute approximate surface area is 158 Å². The smallest absolute Gasteiger partial charge is 0.255 e.